The van der Waals surface area contributed by atoms with Crippen LogP contribution in [0, 0.1) is 0 Å². The molecular weight excluding hydrogens is 473 g/mol. The minimum Gasteiger partial charge on any atom is -0.368 e. The lowest BCUT2D eigenvalue weighted by atomic mass is 9.98. The number of nitrogens with zero attached hydrogens (tertiary/aromatic N) is 2. The van der Waals surface area contributed by atoms with Crippen molar-refractivity contribution in [2.24, 2.45) is 0 Å². The second-order valence-corrected chi connectivity index (χ2v) is 8.96. The summed E-state index contributed by atoms with van der Waals surface area (Å²) >= 11 is 6.21. The third-order valence-corrected chi connectivity index (χ3v) is 6.36. The molecule has 1 aromatic heterocycles. The Morgan fingerprint density at radius 1 is 1.22 bits per heavy atom. The number of alkyl halides is 3. The molecule has 5 N–H and O–H groups in total. The van der Waals surface area contributed by atoms with Gasteiger partial charge in [0.25, 0.3) is 0 Å². The highest BCUT2D eigenvalue weighted by molar-refractivity contribution is 7.89. The lowest BCUT2D eigenvalue weighted by molar-refractivity contribution is -0.137. The molecule has 0 radical (unpaired) electrons. The molecule has 1 atom stereocenters. The molecule has 4 rings (SSSR count). The Bertz CT molecular complexity index is 1240. The van der Waals surface area contributed by atoms with Crippen molar-refractivity contribution in [1.29, 1.82) is 0 Å². The van der Waals surface area contributed by atoms with Crippen LogP contribution in [0.5, 0.6) is 0 Å². The average molecular weight is 489 g/mol. The third kappa shape index (κ3) is 4.65. The van der Waals surface area contributed by atoms with E-state index in [0.717, 1.165) is 6.07 Å². The number of anilines is 3. The number of hydrogen-bond acceptors (Lipinski definition) is 7. The Balaban J connectivity index is 1.69. The zero-order valence-corrected chi connectivity index (χ0v) is 17.6. The van der Waals surface area contributed by atoms with Crippen LogP contribution in [-0.4, -0.2) is 36.4 Å². The fourth-order valence-corrected chi connectivity index (χ4v) is 4.52. The van der Waals surface area contributed by atoms with Crippen LogP contribution >= 0.6 is 11.6 Å². The zero-order valence-electron chi connectivity index (χ0n) is 16.1. The van der Waals surface area contributed by atoms with E-state index in [9.17, 15) is 21.6 Å². The van der Waals surface area contributed by atoms with Crippen molar-refractivity contribution in [3.63, 3.8) is 0 Å². The molecule has 1 aliphatic heterocycles. The SMILES string of the molecule is Nc1nc(Nc2cc(Cl)c(-c3ccc(S(=O)(=O)NC4CCO4)cc3)c(C(F)(F)F)c2)n[nH]1. The molecule has 32 heavy (non-hydrogen) atoms. The number of aromatic amines is 1. The monoisotopic (exact) mass is 488 g/mol. The summed E-state index contributed by atoms with van der Waals surface area (Å²) in [5, 5.41) is 8.46. The van der Waals surface area contributed by atoms with Gasteiger partial charge in [-0.15, -0.1) is 5.10 Å². The smallest absolute Gasteiger partial charge is 0.368 e. The van der Waals surface area contributed by atoms with Gasteiger partial charge in [0.15, 0.2) is 0 Å². The molecule has 0 bridgehead atoms. The molecule has 9 nitrogen and oxygen atoms in total. The van der Waals surface area contributed by atoms with E-state index in [1.54, 1.807) is 0 Å². The maximum absolute atomic E-state index is 13.8. The van der Waals surface area contributed by atoms with Crippen LogP contribution < -0.4 is 15.8 Å². The van der Waals surface area contributed by atoms with E-state index in [4.69, 9.17) is 22.1 Å². The molecule has 1 saturated heterocycles. The van der Waals surface area contributed by atoms with Crippen LogP contribution in [0.2, 0.25) is 5.02 Å². The molecule has 0 amide bonds. The summed E-state index contributed by atoms with van der Waals surface area (Å²) in [6.45, 7) is 0.458. The summed E-state index contributed by atoms with van der Waals surface area (Å²) < 4.78 is 73.6. The summed E-state index contributed by atoms with van der Waals surface area (Å²) in [5.41, 5.74) is 4.19. The van der Waals surface area contributed by atoms with Crippen molar-refractivity contribution in [2.75, 3.05) is 17.7 Å². The van der Waals surface area contributed by atoms with Crippen LogP contribution in [-0.2, 0) is 20.9 Å². The first-order chi connectivity index (χ1) is 15.0. The first-order valence-electron chi connectivity index (χ1n) is 9.13. The van der Waals surface area contributed by atoms with Gasteiger partial charge in [-0.2, -0.15) is 22.9 Å². The molecule has 0 spiro atoms. The van der Waals surface area contributed by atoms with Crippen molar-refractivity contribution >= 4 is 39.2 Å². The van der Waals surface area contributed by atoms with E-state index in [1.165, 1.54) is 30.3 Å². The maximum atomic E-state index is 13.8. The van der Waals surface area contributed by atoms with Gasteiger partial charge in [0.1, 0.15) is 6.23 Å². The number of rotatable bonds is 6. The minimum absolute atomic E-state index is 0.00558. The van der Waals surface area contributed by atoms with Gasteiger partial charge in [0.05, 0.1) is 22.1 Å². The Morgan fingerprint density at radius 3 is 2.44 bits per heavy atom. The molecule has 1 unspecified atom stereocenters. The highest BCUT2D eigenvalue weighted by Crippen LogP contribution is 2.43. The first kappa shape index (κ1) is 22.3. The summed E-state index contributed by atoms with van der Waals surface area (Å²) in [4.78, 5) is 3.67. The number of halogens is 4. The van der Waals surface area contributed by atoms with E-state index in [1.807, 2.05) is 0 Å². The number of ether oxygens (including phenoxy) is 1. The zero-order chi connectivity index (χ0) is 23.1. The van der Waals surface area contributed by atoms with Gasteiger partial charge in [0.2, 0.25) is 21.9 Å². The standard InChI is InChI=1S/C18H16ClF3N6O3S/c19-13-8-10(24-17-25-16(23)26-27-17)7-12(18(20,21)22)15(13)9-1-3-11(4-2-9)32(29,30)28-14-5-6-31-14/h1-4,7-8,14,28H,5-6H2,(H4,23,24,25,26,27). The van der Waals surface area contributed by atoms with Gasteiger partial charge < -0.3 is 15.8 Å². The Kier molecular flexibility index (Phi) is 5.75. The van der Waals surface area contributed by atoms with Gasteiger partial charge >= 0.3 is 6.18 Å². The number of nitrogens with two attached hydrogens (primary N) is 1. The molecular formula is C18H16ClF3N6O3S. The lowest BCUT2D eigenvalue weighted by Gasteiger charge is -2.26. The van der Waals surface area contributed by atoms with E-state index in [0.29, 0.717) is 13.0 Å². The van der Waals surface area contributed by atoms with Crippen LogP contribution in [0.1, 0.15) is 12.0 Å². The number of aromatic nitrogens is 3. The van der Waals surface area contributed by atoms with Crippen molar-refractivity contribution in [2.45, 2.75) is 23.7 Å². The van der Waals surface area contributed by atoms with Gasteiger partial charge in [-0.25, -0.2) is 13.5 Å². The Labute approximate surface area is 185 Å². The predicted octanol–water partition coefficient (Wildman–Crippen LogP) is 3.49. The van der Waals surface area contributed by atoms with Crippen molar-refractivity contribution < 1.29 is 26.3 Å². The number of sulfonamides is 1. The molecule has 0 aliphatic carbocycles. The maximum Gasteiger partial charge on any atom is 0.417 e. The summed E-state index contributed by atoms with van der Waals surface area (Å²) in [5.74, 6) is -0.0448. The molecule has 0 saturated carbocycles. The van der Waals surface area contributed by atoms with E-state index in [-0.39, 0.29) is 38.6 Å². The molecule has 170 valence electrons. The highest BCUT2D eigenvalue weighted by atomic mass is 35.5. The Hall–Kier alpha value is -2.87. The van der Waals surface area contributed by atoms with E-state index < -0.39 is 28.0 Å². The second kappa shape index (κ2) is 8.24. The molecule has 1 aliphatic rings. The summed E-state index contributed by atoms with van der Waals surface area (Å²) in [6.07, 6.45) is -4.81. The van der Waals surface area contributed by atoms with Crippen molar-refractivity contribution in [1.82, 2.24) is 19.9 Å². The van der Waals surface area contributed by atoms with Crippen LogP contribution in [0.15, 0.2) is 41.3 Å². The second-order valence-electron chi connectivity index (χ2n) is 6.84. The quantitative estimate of drug-likeness (QED) is 0.417. The molecule has 3 aromatic rings. The Morgan fingerprint density at radius 2 is 1.91 bits per heavy atom. The molecule has 2 heterocycles. The number of H-pyrrole nitrogens is 1. The topological polar surface area (TPSA) is 135 Å². The molecule has 2 aromatic carbocycles. The van der Waals surface area contributed by atoms with Crippen LogP contribution in [0.4, 0.5) is 30.8 Å². The van der Waals surface area contributed by atoms with Gasteiger partial charge in [-0.3, -0.25) is 0 Å². The van der Waals surface area contributed by atoms with Crippen molar-refractivity contribution in [3.8, 4) is 11.1 Å². The van der Waals surface area contributed by atoms with Crippen molar-refractivity contribution in [3.05, 3.63) is 47.0 Å². The fraction of sp³-hybridized carbons (Fsp3) is 0.222. The summed E-state index contributed by atoms with van der Waals surface area (Å²) in [6, 6.07) is 7.06. The average Bonchev–Trinajstić information content (AvgIpc) is 3.08. The number of nitrogens with one attached hydrogen (secondary N) is 3. The molecule has 1 fully saturated rings. The van der Waals surface area contributed by atoms with E-state index >= 15 is 0 Å². The van der Waals surface area contributed by atoms with Gasteiger partial charge in [-0.05, 0) is 29.8 Å². The number of benzene rings is 2. The van der Waals surface area contributed by atoms with E-state index in [2.05, 4.69) is 25.2 Å². The van der Waals surface area contributed by atoms with Crippen LogP contribution in [0.3, 0.4) is 0 Å². The number of hydrogen-bond donors (Lipinski definition) is 4. The summed E-state index contributed by atoms with van der Waals surface area (Å²) in [7, 11) is -3.87. The fourth-order valence-electron chi connectivity index (χ4n) is 3.03. The third-order valence-electron chi connectivity index (χ3n) is 4.59. The van der Waals surface area contributed by atoms with Crippen LogP contribution in [0.25, 0.3) is 11.1 Å². The first-order valence-corrected chi connectivity index (χ1v) is 11.0. The minimum atomic E-state index is -4.75. The highest BCUT2D eigenvalue weighted by Gasteiger charge is 2.35. The normalized spacial score (nSPS) is 16.6. The molecule has 14 heteroatoms. The van der Waals surface area contributed by atoms with Gasteiger partial charge in [0, 0.05) is 17.7 Å². The largest absolute Gasteiger partial charge is 0.417 e. The lowest BCUT2D eigenvalue weighted by Crippen LogP contribution is -2.43. The predicted molar refractivity (Wildman–Crippen MR) is 111 cm³/mol. The number of nitrogen functional groups attached to an aromatic ring is 1. The van der Waals surface area contributed by atoms with Gasteiger partial charge in [-0.1, -0.05) is 23.7 Å².